The highest BCUT2D eigenvalue weighted by Gasteiger charge is 2.35. The summed E-state index contributed by atoms with van der Waals surface area (Å²) >= 11 is 1.68. The molecule has 0 saturated heterocycles. The zero-order chi connectivity index (χ0) is 15.7. The average Bonchev–Trinajstić information content (AvgIpc) is 2.46. The first-order valence-corrected chi connectivity index (χ1v) is 8.62. The predicted molar refractivity (Wildman–Crippen MR) is 91.5 cm³/mol. The molecule has 1 aliphatic carbocycles. The van der Waals surface area contributed by atoms with Crippen LogP contribution >= 0.6 is 11.8 Å². The van der Waals surface area contributed by atoms with E-state index in [0.29, 0.717) is 5.75 Å². The molecule has 3 rings (SSSR count). The summed E-state index contributed by atoms with van der Waals surface area (Å²) in [6.07, 6.45) is 2.86. The average molecular weight is 315 g/mol. The van der Waals surface area contributed by atoms with Gasteiger partial charge in [-0.3, -0.25) is 4.99 Å². The Morgan fingerprint density at radius 2 is 2.05 bits per heavy atom. The van der Waals surface area contributed by atoms with Gasteiger partial charge in [-0.25, -0.2) is 4.79 Å². The standard InChI is InChI=1S/C18H21NO2S/c1-18(2)9-13(8-12-6-4-3-5-7-12)16-14(10-18)19-15(11-22-16)17(20)21/h3-7,15H,8-11H2,1-2H3,(H,20,21). The molecule has 22 heavy (non-hydrogen) atoms. The second kappa shape index (κ2) is 5.92. The summed E-state index contributed by atoms with van der Waals surface area (Å²) < 4.78 is 0. The number of allylic oxidation sites excluding steroid dienone is 2. The summed E-state index contributed by atoms with van der Waals surface area (Å²) in [5.74, 6) is -0.264. The van der Waals surface area contributed by atoms with Gasteiger partial charge in [-0.15, -0.1) is 11.8 Å². The highest BCUT2D eigenvalue weighted by atomic mass is 32.2. The molecule has 1 atom stereocenters. The molecule has 116 valence electrons. The fourth-order valence-corrected chi connectivity index (χ4v) is 4.43. The maximum atomic E-state index is 11.2. The van der Waals surface area contributed by atoms with E-state index in [9.17, 15) is 9.90 Å². The number of benzene rings is 1. The summed E-state index contributed by atoms with van der Waals surface area (Å²) in [5, 5.41) is 9.22. The summed E-state index contributed by atoms with van der Waals surface area (Å²) in [6, 6.07) is 9.89. The molecule has 1 aromatic carbocycles. The van der Waals surface area contributed by atoms with Crippen molar-refractivity contribution < 1.29 is 9.90 Å². The number of thioether (sulfide) groups is 1. The minimum Gasteiger partial charge on any atom is -0.480 e. The lowest BCUT2D eigenvalue weighted by Crippen LogP contribution is -2.33. The number of carbonyl (C=O) groups is 1. The molecule has 4 heteroatoms. The Labute approximate surface area is 135 Å². The van der Waals surface area contributed by atoms with Gasteiger partial charge >= 0.3 is 5.97 Å². The van der Waals surface area contributed by atoms with E-state index in [1.807, 2.05) is 6.07 Å². The Hall–Kier alpha value is -1.55. The van der Waals surface area contributed by atoms with Gasteiger partial charge in [-0.05, 0) is 35.8 Å². The molecule has 3 nitrogen and oxygen atoms in total. The summed E-state index contributed by atoms with van der Waals surface area (Å²) in [5.41, 5.74) is 3.87. The first kappa shape index (κ1) is 15.3. The van der Waals surface area contributed by atoms with Crippen LogP contribution in [0, 0.1) is 5.41 Å². The number of nitrogens with zero attached hydrogens (tertiary/aromatic N) is 1. The number of carboxylic acids is 1. The molecule has 0 bridgehead atoms. The van der Waals surface area contributed by atoms with E-state index in [1.54, 1.807) is 11.8 Å². The molecule has 1 aliphatic heterocycles. The smallest absolute Gasteiger partial charge is 0.329 e. The Morgan fingerprint density at radius 1 is 1.32 bits per heavy atom. The Balaban J connectivity index is 1.96. The Morgan fingerprint density at radius 3 is 2.73 bits per heavy atom. The van der Waals surface area contributed by atoms with E-state index in [2.05, 4.69) is 43.1 Å². The summed E-state index contributed by atoms with van der Waals surface area (Å²) in [4.78, 5) is 17.0. The van der Waals surface area contributed by atoms with E-state index >= 15 is 0 Å². The van der Waals surface area contributed by atoms with Crippen LogP contribution in [0.4, 0.5) is 0 Å². The molecular formula is C18H21NO2S. The molecule has 0 spiro atoms. The largest absolute Gasteiger partial charge is 0.480 e. The highest BCUT2D eigenvalue weighted by Crippen LogP contribution is 2.44. The second-order valence-electron chi connectivity index (χ2n) is 6.85. The maximum absolute atomic E-state index is 11.2. The third-order valence-electron chi connectivity index (χ3n) is 4.16. The minimum atomic E-state index is -0.813. The van der Waals surface area contributed by atoms with Crippen LogP contribution in [-0.2, 0) is 11.2 Å². The van der Waals surface area contributed by atoms with Crippen molar-refractivity contribution in [3.63, 3.8) is 0 Å². The van der Waals surface area contributed by atoms with Crippen molar-refractivity contribution >= 4 is 23.4 Å². The quantitative estimate of drug-likeness (QED) is 0.919. The Kier molecular flexibility index (Phi) is 4.13. The van der Waals surface area contributed by atoms with Crippen molar-refractivity contribution in [2.45, 2.75) is 39.2 Å². The molecule has 0 amide bonds. The molecule has 0 fully saturated rings. The van der Waals surface area contributed by atoms with Crippen molar-refractivity contribution in [1.29, 1.82) is 0 Å². The van der Waals surface area contributed by atoms with Crippen molar-refractivity contribution in [2.75, 3.05) is 5.75 Å². The van der Waals surface area contributed by atoms with Crippen LogP contribution in [0.3, 0.4) is 0 Å². The zero-order valence-electron chi connectivity index (χ0n) is 13.0. The number of aliphatic carboxylic acids is 1. The van der Waals surface area contributed by atoms with Crippen LogP contribution in [0.5, 0.6) is 0 Å². The molecule has 0 radical (unpaired) electrons. The summed E-state index contributed by atoms with van der Waals surface area (Å²) in [6.45, 7) is 4.48. The van der Waals surface area contributed by atoms with Gasteiger partial charge in [0.2, 0.25) is 0 Å². The predicted octanol–water partition coefficient (Wildman–Crippen LogP) is 3.94. The van der Waals surface area contributed by atoms with E-state index in [0.717, 1.165) is 25.0 Å². The lowest BCUT2D eigenvalue weighted by atomic mass is 9.75. The van der Waals surface area contributed by atoms with Crippen LogP contribution in [-0.4, -0.2) is 28.6 Å². The molecule has 0 aromatic heterocycles. The topological polar surface area (TPSA) is 49.7 Å². The third kappa shape index (κ3) is 3.27. The Bertz CT molecular complexity index is 646. The van der Waals surface area contributed by atoms with Gasteiger partial charge in [0.15, 0.2) is 6.04 Å². The monoisotopic (exact) mass is 315 g/mol. The van der Waals surface area contributed by atoms with Crippen LogP contribution in [0.1, 0.15) is 32.3 Å². The zero-order valence-corrected chi connectivity index (χ0v) is 13.8. The van der Waals surface area contributed by atoms with Gasteiger partial charge in [0.1, 0.15) is 0 Å². The van der Waals surface area contributed by atoms with E-state index in [-0.39, 0.29) is 5.41 Å². The number of carboxylic acid groups (broad SMARTS) is 1. The van der Waals surface area contributed by atoms with Gasteiger partial charge < -0.3 is 5.11 Å². The van der Waals surface area contributed by atoms with Crippen molar-refractivity contribution in [3.05, 3.63) is 46.4 Å². The van der Waals surface area contributed by atoms with Gasteiger partial charge in [-0.1, -0.05) is 44.2 Å². The van der Waals surface area contributed by atoms with Gasteiger partial charge in [0, 0.05) is 16.4 Å². The van der Waals surface area contributed by atoms with E-state index < -0.39 is 12.0 Å². The van der Waals surface area contributed by atoms with E-state index in [4.69, 9.17) is 0 Å². The van der Waals surface area contributed by atoms with Crippen molar-refractivity contribution in [1.82, 2.24) is 0 Å². The fourth-order valence-electron chi connectivity index (χ4n) is 3.25. The highest BCUT2D eigenvalue weighted by molar-refractivity contribution is 8.04. The number of hydrogen-bond donors (Lipinski definition) is 1. The molecule has 2 aliphatic rings. The number of rotatable bonds is 3. The van der Waals surface area contributed by atoms with Crippen LogP contribution in [0.2, 0.25) is 0 Å². The minimum absolute atomic E-state index is 0.146. The summed E-state index contributed by atoms with van der Waals surface area (Å²) in [7, 11) is 0. The molecule has 1 N–H and O–H groups in total. The van der Waals surface area contributed by atoms with Crippen LogP contribution in [0.25, 0.3) is 0 Å². The fraction of sp³-hybridized carbons (Fsp3) is 0.444. The molecule has 0 saturated carbocycles. The normalized spacial score (nSPS) is 23.7. The molecule has 1 unspecified atom stereocenters. The van der Waals surface area contributed by atoms with Crippen LogP contribution < -0.4 is 0 Å². The first-order valence-electron chi connectivity index (χ1n) is 7.63. The lowest BCUT2D eigenvalue weighted by Gasteiger charge is -2.36. The molecular weight excluding hydrogens is 294 g/mol. The second-order valence-corrected chi connectivity index (χ2v) is 7.88. The SMILES string of the molecule is CC1(C)CC2=NC(C(=O)O)CSC2=C(Cc2ccccc2)C1. The molecule has 1 heterocycles. The number of hydrogen-bond acceptors (Lipinski definition) is 3. The van der Waals surface area contributed by atoms with E-state index in [1.165, 1.54) is 16.0 Å². The first-order chi connectivity index (χ1) is 10.4. The number of aliphatic imine (C=N–C) groups is 1. The number of fused-ring (bicyclic) bond motifs is 1. The van der Waals surface area contributed by atoms with Crippen molar-refractivity contribution in [3.8, 4) is 0 Å². The van der Waals surface area contributed by atoms with Crippen molar-refractivity contribution in [2.24, 2.45) is 10.4 Å². The van der Waals surface area contributed by atoms with Gasteiger partial charge in [0.05, 0.1) is 0 Å². The van der Waals surface area contributed by atoms with Gasteiger partial charge in [-0.2, -0.15) is 0 Å². The van der Waals surface area contributed by atoms with Gasteiger partial charge in [0.25, 0.3) is 0 Å². The van der Waals surface area contributed by atoms with Crippen LogP contribution in [0.15, 0.2) is 45.8 Å². The maximum Gasteiger partial charge on any atom is 0.329 e. The molecule has 1 aromatic rings. The third-order valence-corrected chi connectivity index (χ3v) is 5.46. The lowest BCUT2D eigenvalue weighted by molar-refractivity contribution is -0.137.